The van der Waals surface area contributed by atoms with E-state index < -0.39 is 5.60 Å². The molecule has 1 aliphatic heterocycles. The first-order chi connectivity index (χ1) is 10.7. The van der Waals surface area contributed by atoms with Crippen molar-refractivity contribution in [1.82, 2.24) is 9.88 Å². The Balaban J connectivity index is 1.59. The number of likely N-dealkylation sites (tertiary alicyclic amines) is 1. The van der Waals surface area contributed by atoms with Crippen molar-refractivity contribution in [2.75, 3.05) is 13.1 Å². The number of aliphatic hydroxyl groups is 1. The smallest absolute Gasteiger partial charge is 0.223 e. The lowest BCUT2D eigenvalue weighted by Gasteiger charge is -2.24. The van der Waals surface area contributed by atoms with Crippen LogP contribution in [-0.2, 0) is 16.8 Å². The summed E-state index contributed by atoms with van der Waals surface area (Å²) in [5, 5.41) is 10.8. The van der Waals surface area contributed by atoms with Crippen molar-refractivity contribution in [3.8, 4) is 0 Å². The molecule has 0 saturated carbocycles. The Labute approximate surface area is 130 Å². The molecular weight excluding hydrogens is 276 g/mol. The SMILES string of the molecule is O=C(CCc1cccnc1)N1CC[C@@](O)(c2ccccc2)C1. The summed E-state index contributed by atoms with van der Waals surface area (Å²) in [6.45, 7) is 0.986. The molecule has 1 aromatic carbocycles. The number of rotatable bonds is 4. The first-order valence-electron chi connectivity index (χ1n) is 7.62. The second-order valence-electron chi connectivity index (χ2n) is 5.82. The molecule has 0 spiro atoms. The van der Waals surface area contributed by atoms with Crippen LogP contribution in [0, 0.1) is 0 Å². The van der Waals surface area contributed by atoms with Crippen LogP contribution in [0.2, 0.25) is 0 Å². The summed E-state index contributed by atoms with van der Waals surface area (Å²) >= 11 is 0. The summed E-state index contributed by atoms with van der Waals surface area (Å²) in [7, 11) is 0. The summed E-state index contributed by atoms with van der Waals surface area (Å²) in [4.78, 5) is 18.2. The zero-order valence-corrected chi connectivity index (χ0v) is 12.5. The Bertz CT molecular complexity index is 630. The number of nitrogens with zero attached hydrogens (tertiary/aromatic N) is 2. The number of amides is 1. The van der Waals surface area contributed by atoms with Gasteiger partial charge in [0.15, 0.2) is 0 Å². The molecular formula is C18H20N2O2. The molecule has 1 atom stereocenters. The van der Waals surface area contributed by atoms with E-state index in [2.05, 4.69) is 4.98 Å². The van der Waals surface area contributed by atoms with E-state index in [-0.39, 0.29) is 5.91 Å². The maximum atomic E-state index is 12.3. The van der Waals surface area contributed by atoms with Crippen LogP contribution in [-0.4, -0.2) is 34.0 Å². The van der Waals surface area contributed by atoms with Crippen molar-refractivity contribution < 1.29 is 9.90 Å². The van der Waals surface area contributed by atoms with Gasteiger partial charge >= 0.3 is 0 Å². The van der Waals surface area contributed by atoms with E-state index in [1.165, 1.54) is 0 Å². The Kier molecular flexibility index (Phi) is 4.20. The first-order valence-corrected chi connectivity index (χ1v) is 7.62. The van der Waals surface area contributed by atoms with Gasteiger partial charge < -0.3 is 10.0 Å². The van der Waals surface area contributed by atoms with Crippen molar-refractivity contribution in [2.45, 2.75) is 24.9 Å². The summed E-state index contributed by atoms with van der Waals surface area (Å²) in [6, 6.07) is 13.5. The van der Waals surface area contributed by atoms with Crippen LogP contribution in [0.3, 0.4) is 0 Å². The summed E-state index contributed by atoms with van der Waals surface area (Å²) < 4.78 is 0. The second kappa shape index (κ2) is 6.28. The molecule has 2 heterocycles. The molecule has 2 aromatic rings. The van der Waals surface area contributed by atoms with Crippen molar-refractivity contribution in [1.29, 1.82) is 0 Å². The maximum absolute atomic E-state index is 12.3. The Morgan fingerprint density at radius 1 is 1.23 bits per heavy atom. The molecule has 114 valence electrons. The van der Waals surface area contributed by atoms with Crippen molar-refractivity contribution >= 4 is 5.91 Å². The van der Waals surface area contributed by atoms with Gasteiger partial charge in [-0.15, -0.1) is 0 Å². The highest BCUT2D eigenvalue weighted by Crippen LogP contribution is 2.32. The van der Waals surface area contributed by atoms with Crippen molar-refractivity contribution in [3.63, 3.8) is 0 Å². The van der Waals surface area contributed by atoms with Crippen LogP contribution in [0.5, 0.6) is 0 Å². The molecule has 1 amide bonds. The van der Waals surface area contributed by atoms with Gasteiger partial charge in [0.2, 0.25) is 5.91 Å². The summed E-state index contributed by atoms with van der Waals surface area (Å²) in [6.07, 6.45) is 5.25. The van der Waals surface area contributed by atoms with Crippen LogP contribution in [0.25, 0.3) is 0 Å². The lowest BCUT2D eigenvalue weighted by molar-refractivity contribution is -0.131. The van der Waals surface area contributed by atoms with E-state index in [4.69, 9.17) is 0 Å². The van der Waals surface area contributed by atoms with Crippen LogP contribution in [0.1, 0.15) is 24.0 Å². The minimum absolute atomic E-state index is 0.0932. The van der Waals surface area contributed by atoms with Gasteiger partial charge in [-0.1, -0.05) is 36.4 Å². The normalized spacial score (nSPS) is 21.0. The predicted molar refractivity (Wildman–Crippen MR) is 84.1 cm³/mol. The van der Waals surface area contributed by atoms with Gasteiger partial charge in [-0.25, -0.2) is 0 Å². The maximum Gasteiger partial charge on any atom is 0.223 e. The van der Waals surface area contributed by atoms with E-state index >= 15 is 0 Å². The number of aromatic nitrogens is 1. The second-order valence-corrected chi connectivity index (χ2v) is 5.82. The third kappa shape index (κ3) is 3.17. The molecule has 1 aromatic heterocycles. The standard InChI is InChI=1S/C18H20N2O2/c21-17(9-8-15-5-4-11-19-13-15)20-12-10-18(22,14-20)16-6-2-1-3-7-16/h1-7,11,13,22H,8-10,12,14H2/t18-/m0/s1. The van der Waals surface area contributed by atoms with E-state index in [1.54, 1.807) is 17.3 Å². The minimum atomic E-state index is -0.911. The van der Waals surface area contributed by atoms with E-state index in [0.717, 1.165) is 11.1 Å². The third-order valence-electron chi connectivity index (χ3n) is 4.26. The van der Waals surface area contributed by atoms with Crippen LogP contribution >= 0.6 is 0 Å². The zero-order chi connectivity index (χ0) is 15.4. The molecule has 0 bridgehead atoms. The lowest BCUT2D eigenvalue weighted by atomic mass is 9.93. The topological polar surface area (TPSA) is 53.4 Å². The predicted octanol–water partition coefficient (Wildman–Crippen LogP) is 2.13. The largest absolute Gasteiger partial charge is 0.383 e. The van der Waals surface area contributed by atoms with Gasteiger partial charge in [0, 0.05) is 25.4 Å². The molecule has 1 N–H and O–H groups in total. The van der Waals surface area contributed by atoms with E-state index in [0.29, 0.717) is 32.4 Å². The van der Waals surface area contributed by atoms with E-state index in [1.807, 2.05) is 42.5 Å². The molecule has 0 aliphatic carbocycles. The van der Waals surface area contributed by atoms with Crippen molar-refractivity contribution in [3.05, 3.63) is 66.0 Å². The van der Waals surface area contributed by atoms with Gasteiger partial charge in [-0.05, 0) is 30.0 Å². The molecule has 4 heteroatoms. The van der Waals surface area contributed by atoms with Crippen molar-refractivity contribution in [2.24, 2.45) is 0 Å². The molecule has 3 rings (SSSR count). The molecule has 1 aliphatic rings. The third-order valence-corrected chi connectivity index (χ3v) is 4.26. The Morgan fingerprint density at radius 3 is 2.77 bits per heavy atom. The fraction of sp³-hybridized carbons (Fsp3) is 0.333. The highest BCUT2D eigenvalue weighted by Gasteiger charge is 2.39. The van der Waals surface area contributed by atoms with Gasteiger partial charge in [0.1, 0.15) is 5.60 Å². The fourth-order valence-electron chi connectivity index (χ4n) is 2.95. The summed E-state index contributed by atoms with van der Waals surface area (Å²) in [5.74, 6) is 0.0932. The molecule has 22 heavy (non-hydrogen) atoms. The quantitative estimate of drug-likeness (QED) is 0.940. The number of carbonyl (C=O) groups is 1. The van der Waals surface area contributed by atoms with E-state index in [9.17, 15) is 9.90 Å². The molecule has 4 nitrogen and oxygen atoms in total. The first kappa shape index (κ1) is 14.7. The minimum Gasteiger partial charge on any atom is -0.383 e. The Morgan fingerprint density at radius 2 is 2.05 bits per heavy atom. The monoisotopic (exact) mass is 296 g/mol. The van der Waals surface area contributed by atoms with Gasteiger partial charge in [0.05, 0.1) is 6.54 Å². The van der Waals surface area contributed by atoms with Gasteiger partial charge in [0.25, 0.3) is 0 Å². The number of benzene rings is 1. The van der Waals surface area contributed by atoms with Crippen LogP contribution in [0.4, 0.5) is 0 Å². The lowest BCUT2D eigenvalue weighted by Crippen LogP contribution is -2.34. The Hall–Kier alpha value is -2.20. The van der Waals surface area contributed by atoms with Crippen LogP contribution < -0.4 is 0 Å². The average molecular weight is 296 g/mol. The van der Waals surface area contributed by atoms with Gasteiger partial charge in [-0.2, -0.15) is 0 Å². The zero-order valence-electron chi connectivity index (χ0n) is 12.5. The number of β-amino-alcohol motifs (C(OH)–C–C–N with tert-alkyl or cyclic N) is 1. The molecule has 1 saturated heterocycles. The number of hydrogen-bond donors (Lipinski definition) is 1. The number of carbonyl (C=O) groups excluding carboxylic acids is 1. The molecule has 0 unspecified atom stereocenters. The fourth-order valence-corrected chi connectivity index (χ4v) is 2.95. The summed E-state index contributed by atoms with van der Waals surface area (Å²) in [5.41, 5.74) is 1.04. The highest BCUT2D eigenvalue weighted by molar-refractivity contribution is 5.77. The highest BCUT2D eigenvalue weighted by atomic mass is 16.3. The number of aryl methyl sites for hydroxylation is 1. The number of pyridine rings is 1. The van der Waals surface area contributed by atoms with Gasteiger partial charge in [-0.3, -0.25) is 9.78 Å². The average Bonchev–Trinajstić information content (AvgIpc) is 2.98. The molecule has 0 radical (unpaired) electrons. The number of hydrogen-bond acceptors (Lipinski definition) is 3. The van der Waals surface area contributed by atoms with Crippen LogP contribution in [0.15, 0.2) is 54.9 Å². The molecule has 1 fully saturated rings.